The van der Waals surface area contributed by atoms with Crippen molar-refractivity contribution in [2.24, 2.45) is 0 Å². The molecule has 0 fully saturated rings. The Morgan fingerprint density at radius 3 is 2.86 bits per heavy atom. The van der Waals surface area contributed by atoms with Gasteiger partial charge in [-0.3, -0.25) is 0 Å². The van der Waals surface area contributed by atoms with Crippen LogP contribution in [0.5, 0.6) is 0 Å². The molecule has 1 aliphatic rings. The fraction of sp³-hybridized carbons (Fsp3) is 0.636. The highest BCUT2D eigenvalue weighted by atomic mass is 16.5. The van der Waals surface area contributed by atoms with Gasteiger partial charge in [-0.15, -0.1) is 0 Å². The maximum Gasteiger partial charge on any atom is 0.125 e. The van der Waals surface area contributed by atoms with E-state index < -0.39 is 0 Å². The van der Waals surface area contributed by atoms with Gasteiger partial charge in [-0.1, -0.05) is 20.3 Å². The van der Waals surface area contributed by atoms with Crippen molar-refractivity contribution in [1.82, 2.24) is 9.97 Å². The predicted octanol–water partition coefficient (Wildman–Crippen LogP) is 2.27. The van der Waals surface area contributed by atoms with E-state index in [1.54, 1.807) is 0 Å². The van der Waals surface area contributed by atoms with Crippen LogP contribution in [0.4, 0.5) is 0 Å². The van der Waals surface area contributed by atoms with E-state index in [1.807, 2.05) is 13.1 Å². The largest absolute Gasteiger partial charge is 0.376 e. The molecule has 0 atom stereocenters. The third-order valence-corrected chi connectivity index (χ3v) is 1.82. The van der Waals surface area contributed by atoms with E-state index in [1.165, 1.54) is 6.42 Å². The van der Waals surface area contributed by atoms with Gasteiger partial charge in [0.2, 0.25) is 0 Å². The van der Waals surface area contributed by atoms with Crippen molar-refractivity contribution >= 4 is 0 Å². The van der Waals surface area contributed by atoms with Gasteiger partial charge in [0, 0.05) is 18.2 Å². The highest BCUT2D eigenvalue weighted by Gasteiger charge is 2.10. The van der Waals surface area contributed by atoms with E-state index in [2.05, 4.69) is 23.8 Å². The molecule has 1 aromatic heterocycles. The molecular weight excluding hydrogens is 176 g/mol. The molecule has 0 saturated heterocycles. The molecule has 0 unspecified atom stereocenters. The third kappa shape index (κ3) is 3.07. The summed E-state index contributed by atoms with van der Waals surface area (Å²) in [7, 11) is 0. The van der Waals surface area contributed by atoms with Crippen LogP contribution in [0.25, 0.3) is 0 Å². The van der Waals surface area contributed by atoms with E-state index in [0.717, 1.165) is 30.1 Å². The minimum absolute atomic E-state index is 0.676. The van der Waals surface area contributed by atoms with Crippen molar-refractivity contribution in [2.75, 3.05) is 6.61 Å². The molecule has 0 radical (unpaired) electrons. The average Bonchev–Trinajstić information content (AvgIpc) is 2.19. The molecule has 0 N–H and O–H groups in total. The Morgan fingerprint density at radius 2 is 2.14 bits per heavy atom. The lowest BCUT2D eigenvalue weighted by Gasteiger charge is -2.14. The summed E-state index contributed by atoms with van der Waals surface area (Å²) in [5.41, 5.74) is 2.30. The minimum atomic E-state index is 0.676. The van der Waals surface area contributed by atoms with Crippen LogP contribution < -0.4 is 0 Å². The molecule has 0 aliphatic carbocycles. The number of aromatic nitrogens is 2. The standard InChI is InChI=1S/C8H10N2O.C3H8/c1-6-9-4-7-5-11-3-2-8(7)10-6;1-3-2/h4H,2-3,5H2,1H3;3H2,1-2H3. The lowest BCUT2D eigenvalue weighted by molar-refractivity contribution is 0.108. The van der Waals surface area contributed by atoms with Gasteiger partial charge in [0.25, 0.3) is 0 Å². The van der Waals surface area contributed by atoms with Crippen molar-refractivity contribution in [3.63, 3.8) is 0 Å². The summed E-state index contributed by atoms with van der Waals surface area (Å²) >= 11 is 0. The van der Waals surface area contributed by atoms with E-state index in [0.29, 0.717) is 6.61 Å². The summed E-state index contributed by atoms with van der Waals surface area (Å²) in [6.07, 6.45) is 4.04. The van der Waals surface area contributed by atoms with Crippen LogP contribution in [0, 0.1) is 6.92 Å². The number of rotatable bonds is 0. The maximum atomic E-state index is 5.26. The van der Waals surface area contributed by atoms with Crippen LogP contribution in [0.1, 0.15) is 37.4 Å². The normalized spacial score (nSPS) is 13.9. The molecule has 0 saturated carbocycles. The molecule has 0 amide bonds. The van der Waals surface area contributed by atoms with Crippen LogP contribution in [-0.2, 0) is 17.8 Å². The quantitative estimate of drug-likeness (QED) is 0.635. The second kappa shape index (κ2) is 5.70. The molecule has 1 aliphatic heterocycles. The van der Waals surface area contributed by atoms with Gasteiger partial charge >= 0.3 is 0 Å². The first-order chi connectivity index (χ1) is 6.77. The zero-order valence-electron chi connectivity index (χ0n) is 9.21. The lowest BCUT2D eigenvalue weighted by Crippen LogP contribution is -2.12. The third-order valence-electron chi connectivity index (χ3n) is 1.82. The fourth-order valence-electron chi connectivity index (χ4n) is 1.23. The molecule has 14 heavy (non-hydrogen) atoms. The summed E-state index contributed by atoms with van der Waals surface area (Å²) < 4.78 is 5.26. The Kier molecular flexibility index (Phi) is 4.53. The maximum absolute atomic E-state index is 5.26. The van der Waals surface area contributed by atoms with Gasteiger partial charge in [0.1, 0.15) is 5.82 Å². The monoisotopic (exact) mass is 194 g/mol. The topological polar surface area (TPSA) is 35.0 Å². The van der Waals surface area contributed by atoms with E-state index in [4.69, 9.17) is 4.74 Å². The molecule has 78 valence electrons. The zero-order valence-corrected chi connectivity index (χ0v) is 9.21. The first-order valence-corrected chi connectivity index (χ1v) is 5.17. The van der Waals surface area contributed by atoms with Crippen LogP contribution in [-0.4, -0.2) is 16.6 Å². The number of hydrogen-bond donors (Lipinski definition) is 0. The van der Waals surface area contributed by atoms with Crippen molar-refractivity contribution in [1.29, 1.82) is 0 Å². The van der Waals surface area contributed by atoms with E-state index >= 15 is 0 Å². The summed E-state index contributed by atoms with van der Waals surface area (Å²) in [6.45, 7) is 7.63. The first kappa shape index (κ1) is 11.1. The Bertz CT molecular complexity index is 287. The van der Waals surface area contributed by atoms with Crippen molar-refractivity contribution in [3.05, 3.63) is 23.3 Å². The van der Waals surface area contributed by atoms with Gasteiger partial charge in [0.15, 0.2) is 0 Å². The molecule has 2 heterocycles. The van der Waals surface area contributed by atoms with Crippen molar-refractivity contribution in [3.8, 4) is 0 Å². The number of hydrogen-bond acceptors (Lipinski definition) is 3. The van der Waals surface area contributed by atoms with E-state index in [9.17, 15) is 0 Å². The van der Waals surface area contributed by atoms with Crippen LogP contribution in [0.15, 0.2) is 6.20 Å². The van der Waals surface area contributed by atoms with Crippen molar-refractivity contribution < 1.29 is 4.74 Å². The molecule has 3 nitrogen and oxygen atoms in total. The minimum Gasteiger partial charge on any atom is -0.376 e. The van der Waals surface area contributed by atoms with Crippen LogP contribution >= 0.6 is 0 Å². The second-order valence-electron chi connectivity index (χ2n) is 3.40. The number of nitrogens with zero attached hydrogens (tertiary/aromatic N) is 2. The predicted molar refractivity (Wildman–Crippen MR) is 56.1 cm³/mol. The summed E-state index contributed by atoms with van der Waals surface area (Å²) in [4.78, 5) is 8.42. The Morgan fingerprint density at radius 1 is 1.43 bits per heavy atom. The molecule has 0 aromatic carbocycles. The molecule has 0 bridgehead atoms. The average molecular weight is 194 g/mol. The smallest absolute Gasteiger partial charge is 0.125 e. The van der Waals surface area contributed by atoms with Crippen LogP contribution in [0.3, 0.4) is 0 Å². The Labute approximate surface area is 85.5 Å². The Hall–Kier alpha value is -0.960. The number of ether oxygens (including phenoxy) is 1. The molecule has 3 heteroatoms. The van der Waals surface area contributed by atoms with Gasteiger partial charge < -0.3 is 4.74 Å². The lowest BCUT2D eigenvalue weighted by atomic mass is 10.1. The number of aryl methyl sites for hydroxylation is 1. The summed E-state index contributed by atoms with van der Waals surface area (Å²) in [5.74, 6) is 0.852. The van der Waals surface area contributed by atoms with Gasteiger partial charge in [-0.05, 0) is 6.92 Å². The first-order valence-electron chi connectivity index (χ1n) is 5.17. The second-order valence-corrected chi connectivity index (χ2v) is 3.40. The fourth-order valence-corrected chi connectivity index (χ4v) is 1.23. The SMILES string of the molecule is CCC.Cc1ncc2c(n1)CCOC2. The highest BCUT2D eigenvalue weighted by Crippen LogP contribution is 2.12. The van der Waals surface area contributed by atoms with Gasteiger partial charge in [-0.2, -0.15) is 0 Å². The molecule has 1 aromatic rings. The van der Waals surface area contributed by atoms with Crippen molar-refractivity contribution in [2.45, 2.75) is 40.2 Å². The van der Waals surface area contributed by atoms with Crippen LogP contribution in [0.2, 0.25) is 0 Å². The zero-order chi connectivity index (χ0) is 10.4. The molecule has 2 rings (SSSR count). The summed E-state index contributed by atoms with van der Waals surface area (Å²) in [5, 5.41) is 0. The van der Waals surface area contributed by atoms with Gasteiger partial charge in [-0.25, -0.2) is 9.97 Å². The highest BCUT2D eigenvalue weighted by molar-refractivity contribution is 5.18. The Balaban J connectivity index is 0.000000293. The van der Waals surface area contributed by atoms with Gasteiger partial charge in [0.05, 0.1) is 18.9 Å². The number of fused-ring (bicyclic) bond motifs is 1. The molecule has 0 spiro atoms. The molecular formula is C11H18N2O. The summed E-state index contributed by atoms with van der Waals surface area (Å²) in [6, 6.07) is 0. The van der Waals surface area contributed by atoms with E-state index in [-0.39, 0.29) is 0 Å².